The Hall–Kier alpha value is -3.39. The van der Waals surface area contributed by atoms with Crippen molar-refractivity contribution >= 4 is 23.8 Å². The summed E-state index contributed by atoms with van der Waals surface area (Å²) in [4.78, 5) is 53.1. The van der Waals surface area contributed by atoms with Crippen molar-refractivity contribution in [3.8, 4) is 0 Å². The minimum absolute atomic E-state index is 0.0144. The molecule has 0 bridgehead atoms. The zero-order valence-electron chi connectivity index (χ0n) is 26.1. The van der Waals surface area contributed by atoms with Crippen LogP contribution in [0.3, 0.4) is 0 Å². The van der Waals surface area contributed by atoms with Crippen molar-refractivity contribution in [2.24, 2.45) is 5.92 Å². The highest BCUT2D eigenvalue weighted by Crippen LogP contribution is 2.14. The van der Waals surface area contributed by atoms with Crippen LogP contribution in [0.1, 0.15) is 65.4 Å². The first-order chi connectivity index (χ1) is 20.9. The number of nitrogens with one attached hydrogen (secondary N) is 4. The molecule has 0 radical (unpaired) electrons. The fourth-order valence-corrected chi connectivity index (χ4v) is 4.26. The number of ether oxygens (including phenoxy) is 2. The summed E-state index contributed by atoms with van der Waals surface area (Å²) in [7, 11) is 0. The predicted octanol–water partition coefficient (Wildman–Crippen LogP) is 3.48. The van der Waals surface area contributed by atoms with E-state index in [0.717, 1.165) is 44.5 Å². The zero-order valence-corrected chi connectivity index (χ0v) is 26.1. The summed E-state index contributed by atoms with van der Waals surface area (Å²) in [5.74, 6) is -2.34. The van der Waals surface area contributed by atoms with Gasteiger partial charge in [-0.05, 0) is 63.2 Å². The van der Waals surface area contributed by atoms with Crippen LogP contribution in [0.4, 0.5) is 18.0 Å². The maximum absolute atomic E-state index is 13.3. The van der Waals surface area contributed by atoms with Crippen LogP contribution in [0.15, 0.2) is 30.3 Å². The number of hydrogen-bond donors (Lipinski definition) is 4. The van der Waals surface area contributed by atoms with Crippen molar-refractivity contribution < 1.29 is 41.8 Å². The molecule has 0 fully saturated rings. The molecule has 0 spiro atoms. The second kappa shape index (κ2) is 21.3. The maximum Gasteiger partial charge on any atom is 0.411 e. The van der Waals surface area contributed by atoms with Crippen molar-refractivity contribution in [3.05, 3.63) is 35.9 Å². The highest BCUT2D eigenvalue weighted by molar-refractivity contribution is 5.92. The van der Waals surface area contributed by atoms with Gasteiger partial charge in [-0.3, -0.25) is 14.4 Å². The number of amides is 4. The summed E-state index contributed by atoms with van der Waals surface area (Å²) in [5.41, 5.74) is 0.775. The van der Waals surface area contributed by atoms with Crippen LogP contribution in [0.2, 0.25) is 0 Å². The van der Waals surface area contributed by atoms with Gasteiger partial charge in [-0.1, -0.05) is 58.0 Å². The molecule has 0 aliphatic carbocycles. The third kappa shape index (κ3) is 17.7. The first-order valence-electron chi connectivity index (χ1n) is 15.0. The van der Waals surface area contributed by atoms with Gasteiger partial charge in [0, 0.05) is 0 Å². The number of unbranched alkanes of at least 4 members (excludes halogenated alkanes) is 1. The second-order valence-electron chi connectivity index (χ2n) is 10.8. The summed E-state index contributed by atoms with van der Waals surface area (Å²) in [6.45, 7) is 7.71. The summed E-state index contributed by atoms with van der Waals surface area (Å²) < 4.78 is 46.2. The molecule has 4 amide bonds. The van der Waals surface area contributed by atoms with Crippen LogP contribution in [-0.2, 0) is 30.5 Å². The van der Waals surface area contributed by atoms with Crippen molar-refractivity contribution in [1.82, 2.24) is 26.2 Å². The molecule has 0 aromatic heterocycles. The van der Waals surface area contributed by atoms with Gasteiger partial charge in [0.2, 0.25) is 17.7 Å². The van der Waals surface area contributed by atoms with Gasteiger partial charge in [0.15, 0.2) is 0 Å². The number of rotatable bonds is 21. The fourth-order valence-electron chi connectivity index (χ4n) is 4.26. The van der Waals surface area contributed by atoms with Gasteiger partial charge in [0.05, 0.1) is 6.54 Å². The van der Waals surface area contributed by atoms with Crippen LogP contribution >= 0.6 is 0 Å². The molecule has 11 nitrogen and oxygen atoms in total. The molecule has 1 rings (SSSR count). The van der Waals surface area contributed by atoms with Gasteiger partial charge < -0.3 is 35.6 Å². The molecule has 0 aliphatic rings. The second-order valence-corrected chi connectivity index (χ2v) is 10.8. The molecule has 44 heavy (non-hydrogen) atoms. The molecule has 0 heterocycles. The maximum atomic E-state index is 13.3. The monoisotopic (exact) mass is 631 g/mol. The van der Waals surface area contributed by atoms with E-state index in [0.29, 0.717) is 6.42 Å². The summed E-state index contributed by atoms with van der Waals surface area (Å²) in [6, 6.07) is 7.01. The molecule has 1 aromatic rings. The van der Waals surface area contributed by atoms with Crippen LogP contribution in [0.5, 0.6) is 0 Å². The van der Waals surface area contributed by atoms with Crippen LogP contribution in [0, 0.1) is 5.92 Å². The number of alkyl halides is 3. The Morgan fingerprint density at radius 2 is 1.55 bits per heavy atom. The number of halogens is 3. The topological polar surface area (TPSA) is 138 Å². The van der Waals surface area contributed by atoms with E-state index in [4.69, 9.17) is 4.74 Å². The average Bonchev–Trinajstić information content (AvgIpc) is 2.97. The van der Waals surface area contributed by atoms with Crippen LogP contribution < -0.4 is 21.3 Å². The first kappa shape index (κ1) is 38.6. The van der Waals surface area contributed by atoms with Crippen molar-refractivity contribution in [2.45, 2.75) is 84.7 Å². The molecule has 2 atom stereocenters. The third-order valence-corrected chi connectivity index (χ3v) is 6.43. The number of carbonyl (C=O) groups excluding carboxylic acids is 4. The molecule has 14 heteroatoms. The van der Waals surface area contributed by atoms with Gasteiger partial charge in [-0.15, -0.1) is 0 Å². The zero-order chi connectivity index (χ0) is 33.0. The average molecular weight is 632 g/mol. The Balaban J connectivity index is 2.79. The van der Waals surface area contributed by atoms with Crippen molar-refractivity contribution in [3.63, 3.8) is 0 Å². The van der Waals surface area contributed by atoms with E-state index in [1.165, 1.54) is 0 Å². The highest BCUT2D eigenvalue weighted by atomic mass is 19.4. The minimum Gasteiger partial charge on any atom is -0.445 e. The van der Waals surface area contributed by atoms with E-state index < -0.39 is 62.0 Å². The number of nitrogens with zero attached hydrogens (tertiary/aromatic N) is 1. The normalized spacial score (nSPS) is 12.8. The van der Waals surface area contributed by atoms with E-state index in [2.05, 4.69) is 44.8 Å². The Morgan fingerprint density at radius 1 is 0.886 bits per heavy atom. The van der Waals surface area contributed by atoms with E-state index in [9.17, 15) is 32.3 Å². The lowest BCUT2D eigenvalue weighted by molar-refractivity contribution is -0.176. The molecule has 250 valence electrons. The van der Waals surface area contributed by atoms with Gasteiger partial charge in [0.25, 0.3) is 0 Å². The van der Waals surface area contributed by atoms with Crippen LogP contribution in [0.25, 0.3) is 0 Å². The molecule has 0 aliphatic heterocycles. The lowest BCUT2D eigenvalue weighted by Crippen LogP contribution is -2.56. The number of benzene rings is 1. The fraction of sp³-hybridized carbons (Fsp3) is 0.667. The summed E-state index contributed by atoms with van der Waals surface area (Å²) >= 11 is 0. The Kier molecular flexibility index (Phi) is 18.7. The van der Waals surface area contributed by atoms with Gasteiger partial charge in [-0.25, -0.2) is 4.79 Å². The van der Waals surface area contributed by atoms with Gasteiger partial charge in [0.1, 0.15) is 32.0 Å². The largest absolute Gasteiger partial charge is 0.445 e. The summed E-state index contributed by atoms with van der Waals surface area (Å²) in [5, 5.41) is 9.80. The van der Waals surface area contributed by atoms with Gasteiger partial charge in [-0.2, -0.15) is 13.2 Å². The molecule has 4 N–H and O–H groups in total. The molecule has 0 saturated heterocycles. The van der Waals surface area contributed by atoms with Gasteiger partial charge >= 0.3 is 12.3 Å². The third-order valence-electron chi connectivity index (χ3n) is 6.43. The van der Waals surface area contributed by atoms with Crippen molar-refractivity contribution in [1.29, 1.82) is 0 Å². The Labute approximate surface area is 258 Å². The SMILES string of the molecule is CCCN(CCC)CCCC[C@H](NC(=O)[C@@H](NC(=O)OCc1ccccc1)C(C)C)C(=O)NCC(=O)NCOCC(F)(F)F. The number of hydrogen-bond acceptors (Lipinski definition) is 7. The molecule has 0 unspecified atom stereocenters. The smallest absolute Gasteiger partial charge is 0.411 e. The van der Waals surface area contributed by atoms with Crippen LogP contribution in [-0.4, -0.2) is 86.5 Å². The lowest BCUT2D eigenvalue weighted by atomic mass is 10.0. The highest BCUT2D eigenvalue weighted by Gasteiger charge is 2.30. The molecule has 0 saturated carbocycles. The van der Waals surface area contributed by atoms with E-state index in [1.807, 2.05) is 18.2 Å². The number of carbonyl (C=O) groups is 4. The standard InChI is InChI=1S/C30H48F3N5O6/c1-5-15-38(16-6-2)17-11-10-14-24(27(40)34-18-25(39)35-21-43-20-30(31,32)33)36-28(41)26(22(3)4)37-29(42)44-19-23-12-8-7-9-13-23/h7-9,12-13,22,24,26H,5-6,10-11,14-21H2,1-4H3,(H,34,40)(H,35,39)(H,36,41)(H,37,42)/t24-,26-/m0/s1. The lowest BCUT2D eigenvalue weighted by Gasteiger charge is -2.25. The first-order valence-corrected chi connectivity index (χ1v) is 15.0. The summed E-state index contributed by atoms with van der Waals surface area (Å²) in [6.07, 6.45) is -1.66. The minimum atomic E-state index is -4.53. The molecular weight excluding hydrogens is 583 g/mol. The van der Waals surface area contributed by atoms with E-state index >= 15 is 0 Å². The van der Waals surface area contributed by atoms with Crippen molar-refractivity contribution in [2.75, 3.05) is 39.5 Å². The molecular formula is C30H48F3N5O6. The predicted molar refractivity (Wildman–Crippen MR) is 159 cm³/mol. The molecule has 1 aromatic carbocycles. The Bertz CT molecular complexity index is 991. The van der Waals surface area contributed by atoms with E-state index in [-0.39, 0.29) is 18.9 Å². The quantitative estimate of drug-likeness (QED) is 0.120. The van der Waals surface area contributed by atoms with E-state index in [1.54, 1.807) is 26.0 Å². The Morgan fingerprint density at radius 3 is 2.14 bits per heavy atom. The number of alkyl carbamates (subject to hydrolysis) is 1.